The number of carbonyl (C=O) groups is 1. The molecule has 32 heavy (non-hydrogen) atoms. The van der Waals surface area contributed by atoms with E-state index >= 15 is 0 Å². The van der Waals surface area contributed by atoms with Gasteiger partial charge >= 0.3 is 12.1 Å². The first-order valence-corrected chi connectivity index (χ1v) is 9.04. The van der Waals surface area contributed by atoms with Crippen LogP contribution in [-0.2, 0) is 4.79 Å². The number of hydrogen-bond acceptors (Lipinski definition) is 9. The first kappa shape index (κ1) is 21.0. The highest BCUT2D eigenvalue weighted by Gasteiger charge is 2.41. The van der Waals surface area contributed by atoms with Crippen LogP contribution in [0.2, 0.25) is 0 Å². The lowest BCUT2D eigenvalue weighted by Crippen LogP contribution is -2.28. The number of carbonyl (C=O) groups excluding carboxylic acids is 1. The summed E-state index contributed by atoms with van der Waals surface area (Å²) in [6.07, 6.45) is -5.20. The molecule has 12 heteroatoms. The number of aryl methyl sites for hydroxylation is 1. The second-order valence-corrected chi connectivity index (χ2v) is 6.52. The van der Waals surface area contributed by atoms with Crippen LogP contribution in [0.15, 0.2) is 36.4 Å². The quantitative estimate of drug-likeness (QED) is 0.357. The van der Waals surface area contributed by atoms with Gasteiger partial charge in [-0.05, 0) is 25.1 Å². The Morgan fingerprint density at radius 1 is 0.938 bits per heavy atom. The molecule has 2 heterocycles. The van der Waals surface area contributed by atoms with E-state index in [0.717, 1.165) is 11.5 Å². The number of aromatic nitrogens is 4. The Morgan fingerprint density at radius 3 is 2.19 bits per heavy atom. The second-order valence-electron chi connectivity index (χ2n) is 6.52. The third kappa shape index (κ3) is 3.89. The molecule has 0 unspecified atom stereocenters. The van der Waals surface area contributed by atoms with Crippen molar-refractivity contribution < 1.29 is 32.5 Å². The molecule has 0 saturated heterocycles. The van der Waals surface area contributed by atoms with E-state index in [0.29, 0.717) is 17.0 Å². The van der Waals surface area contributed by atoms with Crippen LogP contribution in [0.25, 0.3) is 21.8 Å². The van der Waals surface area contributed by atoms with E-state index in [1.807, 2.05) is 6.07 Å². The topological polar surface area (TPSA) is 119 Å². The number of para-hydroxylation sites is 2. The van der Waals surface area contributed by atoms with Crippen molar-refractivity contribution in [1.82, 2.24) is 19.9 Å². The Kier molecular flexibility index (Phi) is 5.12. The number of nitrogens with one attached hydrogen (secondary N) is 1. The molecule has 0 fully saturated rings. The number of anilines is 2. The number of halogens is 3. The first-order chi connectivity index (χ1) is 15.2. The van der Waals surface area contributed by atoms with Crippen molar-refractivity contribution in [2.24, 2.45) is 0 Å². The zero-order valence-electron chi connectivity index (χ0n) is 16.6. The van der Waals surface area contributed by atoms with Crippen LogP contribution in [0, 0.1) is 6.92 Å². The molecule has 0 aliphatic carbocycles. The van der Waals surface area contributed by atoms with Crippen LogP contribution < -0.4 is 14.8 Å². The van der Waals surface area contributed by atoms with Crippen molar-refractivity contribution in [3.05, 3.63) is 42.1 Å². The van der Waals surface area contributed by atoms with Gasteiger partial charge < -0.3 is 14.6 Å². The lowest BCUT2D eigenvalue weighted by atomic mass is 10.2. The summed E-state index contributed by atoms with van der Waals surface area (Å²) in [5.74, 6) is -3.12. The summed E-state index contributed by atoms with van der Waals surface area (Å²) >= 11 is 0. The van der Waals surface area contributed by atoms with E-state index < -0.39 is 23.8 Å². The summed E-state index contributed by atoms with van der Waals surface area (Å²) in [6.45, 7) is 1.75. The van der Waals surface area contributed by atoms with E-state index in [1.165, 1.54) is 19.2 Å². The highest BCUT2D eigenvalue weighted by atomic mass is 19.4. The molecule has 4 rings (SSSR count). The summed E-state index contributed by atoms with van der Waals surface area (Å²) in [5, 5.41) is 13.7. The molecule has 0 aliphatic heterocycles. The minimum Gasteiger partial charge on any atom is -0.494 e. The van der Waals surface area contributed by atoms with Crippen molar-refractivity contribution in [2.75, 3.05) is 12.4 Å². The van der Waals surface area contributed by atoms with Gasteiger partial charge in [0.05, 0.1) is 18.2 Å². The number of benzene rings is 2. The van der Waals surface area contributed by atoms with Crippen molar-refractivity contribution in [2.45, 2.75) is 13.1 Å². The maximum absolute atomic E-state index is 12.6. The smallest absolute Gasteiger partial charge is 0.491 e. The molecule has 2 aromatic carbocycles. The van der Waals surface area contributed by atoms with Crippen molar-refractivity contribution in [3.63, 3.8) is 0 Å². The lowest BCUT2D eigenvalue weighted by Gasteiger charge is -2.12. The number of alkyl halides is 3. The summed E-state index contributed by atoms with van der Waals surface area (Å²) in [7, 11) is 1.49. The summed E-state index contributed by atoms with van der Waals surface area (Å²) in [6, 6.07) is 9.10. The predicted molar refractivity (Wildman–Crippen MR) is 107 cm³/mol. The van der Waals surface area contributed by atoms with Crippen molar-refractivity contribution in [1.29, 1.82) is 0 Å². The predicted octanol–water partition coefficient (Wildman–Crippen LogP) is 3.81. The highest BCUT2D eigenvalue weighted by Crippen LogP contribution is 2.32. The van der Waals surface area contributed by atoms with Crippen LogP contribution in [-0.4, -0.2) is 44.3 Å². The van der Waals surface area contributed by atoms with Crippen LogP contribution in [0.1, 0.15) is 5.69 Å². The van der Waals surface area contributed by atoms with E-state index in [9.17, 15) is 23.1 Å². The standard InChI is InChI=1S/C20H14F3N5O4/c1-9-10-5-3-7-12(31-2)14(10)25-18(24-9)28-19-26-15-11(16(29)27-19)6-4-8-13(15)32-17(30)20(21,22)23/h3-8H,1-2H3,(H2,24,25,26,27,28,29). The molecule has 2 aromatic heterocycles. The zero-order chi connectivity index (χ0) is 23.0. The number of ether oxygens (including phenoxy) is 2. The van der Waals surface area contributed by atoms with Gasteiger partial charge in [-0.25, -0.2) is 19.7 Å². The molecule has 0 saturated carbocycles. The number of hydrogen-bond donors (Lipinski definition) is 2. The average molecular weight is 445 g/mol. The summed E-state index contributed by atoms with van der Waals surface area (Å²) < 4.78 is 47.6. The van der Waals surface area contributed by atoms with Crippen LogP contribution in [0.3, 0.4) is 0 Å². The minimum atomic E-state index is -5.20. The van der Waals surface area contributed by atoms with Gasteiger partial charge in [0.2, 0.25) is 17.8 Å². The molecule has 2 N–H and O–H groups in total. The molecule has 0 amide bonds. The molecule has 9 nitrogen and oxygen atoms in total. The monoisotopic (exact) mass is 445 g/mol. The molecular weight excluding hydrogens is 431 g/mol. The van der Waals surface area contributed by atoms with E-state index in [1.54, 1.807) is 19.1 Å². The van der Waals surface area contributed by atoms with Crippen molar-refractivity contribution in [3.8, 4) is 17.4 Å². The summed E-state index contributed by atoms with van der Waals surface area (Å²) in [5.41, 5.74) is 0.909. The Bertz CT molecular complexity index is 1360. The Morgan fingerprint density at radius 2 is 1.53 bits per heavy atom. The van der Waals surface area contributed by atoms with E-state index in [4.69, 9.17) is 4.74 Å². The number of aromatic hydroxyl groups is 1. The normalized spacial score (nSPS) is 11.5. The van der Waals surface area contributed by atoms with Crippen LogP contribution >= 0.6 is 0 Å². The lowest BCUT2D eigenvalue weighted by molar-refractivity contribution is -0.189. The van der Waals surface area contributed by atoms with Gasteiger partial charge in [0.15, 0.2) is 5.75 Å². The Labute approximate surface area is 177 Å². The molecule has 0 atom stereocenters. The largest absolute Gasteiger partial charge is 0.494 e. The van der Waals surface area contributed by atoms with Crippen molar-refractivity contribution >= 4 is 39.7 Å². The van der Waals surface area contributed by atoms with Gasteiger partial charge in [0, 0.05) is 5.39 Å². The third-order valence-electron chi connectivity index (χ3n) is 4.43. The Hall–Kier alpha value is -4.22. The zero-order valence-corrected chi connectivity index (χ0v) is 16.6. The van der Waals surface area contributed by atoms with Gasteiger partial charge in [-0.2, -0.15) is 18.2 Å². The number of methoxy groups -OCH3 is 1. The average Bonchev–Trinajstić information content (AvgIpc) is 2.73. The van der Waals surface area contributed by atoms with Gasteiger partial charge in [0.1, 0.15) is 16.8 Å². The number of nitrogens with zero attached hydrogens (tertiary/aromatic N) is 4. The summed E-state index contributed by atoms with van der Waals surface area (Å²) in [4.78, 5) is 27.9. The molecule has 0 spiro atoms. The van der Waals surface area contributed by atoms with Gasteiger partial charge in [-0.1, -0.05) is 18.2 Å². The minimum absolute atomic E-state index is 0.0136. The molecule has 164 valence electrons. The number of fused-ring (bicyclic) bond motifs is 2. The molecular formula is C20H14F3N5O4. The SMILES string of the molecule is COc1cccc2c(C)nc(Nc3nc(O)c4cccc(OC(=O)C(F)(F)F)c4n3)nc12. The molecule has 0 aliphatic rings. The molecule has 4 aromatic rings. The fourth-order valence-electron chi connectivity index (χ4n) is 3.01. The molecule has 0 radical (unpaired) electrons. The van der Waals surface area contributed by atoms with E-state index in [2.05, 4.69) is 30.0 Å². The van der Waals surface area contributed by atoms with Gasteiger partial charge in [0.25, 0.3) is 0 Å². The number of esters is 1. The second kappa shape index (κ2) is 7.80. The molecule has 0 bridgehead atoms. The van der Waals surface area contributed by atoms with Gasteiger partial charge in [-0.3, -0.25) is 5.32 Å². The maximum Gasteiger partial charge on any atom is 0.491 e. The van der Waals surface area contributed by atoms with Gasteiger partial charge in [-0.15, -0.1) is 0 Å². The van der Waals surface area contributed by atoms with E-state index in [-0.39, 0.29) is 22.8 Å². The highest BCUT2D eigenvalue weighted by molar-refractivity contribution is 5.92. The number of rotatable bonds is 4. The fourth-order valence-corrected chi connectivity index (χ4v) is 3.01. The maximum atomic E-state index is 12.6. The first-order valence-electron chi connectivity index (χ1n) is 9.04. The van der Waals surface area contributed by atoms with Crippen LogP contribution in [0.5, 0.6) is 17.4 Å². The van der Waals surface area contributed by atoms with Crippen LogP contribution in [0.4, 0.5) is 25.1 Å². The third-order valence-corrected chi connectivity index (χ3v) is 4.43. The fraction of sp³-hybridized carbons (Fsp3) is 0.150. The Balaban J connectivity index is 1.77.